The highest BCUT2D eigenvalue weighted by Crippen LogP contribution is 2.36. The number of amidine groups is 1. The van der Waals surface area contributed by atoms with Gasteiger partial charge >= 0.3 is 0 Å². The third kappa shape index (κ3) is 5.53. The number of fused-ring (bicyclic) bond motifs is 1. The van der Waals surface area contributed by atoms with Crippen molar-refractivity contribution in [2.75, 3.05) is 19.5 Å². The maximum absolute atomic E-state index is 13.4. The first-order valence-corrected chi connectivity index (χ1v) is 11.7. The zero-order valence-electron chi connectivity index (χ0n) is 19.9. The van der Waals surface area contributed by atoms with E-state index in [1.807, 2.05) is 0 Å². The molecule has 11 nitrogen and oxygen atoms in total. The Bertz CT molecular complexity index is 1440. The molecule has 0 aliphatic rings. The fourth-order valence-corrected chi connectivity index (χ4v) is 4.39. The lowest BCUT2D eigenvalue weighted by atomic mass is 10.1. The SMILES string of the molecule is COc1cc2nc(NC(=O)C(Oc3ccc(C#N)cc3)c3ccc(/C(=N/N)NN)cc3)sc2cc1OC. The van der Waals surface area contributed by atoms with Crippen LogP contribution in [0.25, 0.3) is 10.2 Å². The second kappa shape index (κ2) is 11.3. The van der Waals surface area contributed by atoms with Crippen LogP contribution in [0.15, 0.2) is 65.8 Å². The summed E-state index contributed by atoms with van der Waals surface area (Å²) in [5, 5.41) is 15.9. The second-order valence-electron chi connectivity index (χ2n) is 7.56. The molecule has 12 heteroatoms. The fraction of sp³-hybridized carbons (Fsp3) is 0.120. The first kappa shape index (κ1) is 25.2. The van der Waals surface area contributed by atoms with Gasteiger partial charge in [0.25, 0.3) is 5.91 Å². The summed E-state index contributed by atoms with van der Waals surface area (Å²) < 4.78 is 17.6. The van der Waals surface area contributed by atoms with Crippen molar-refractivity contribution < 1.29 is 19.0 Å². The van der Waals surface area contributed by atoms with E-state index in [1.54, 1.807) is 74.9 Å². The van der Waals surface area contributed by atoms with Gasteiger partial charge in [-0.05, 0) is 24.3 Å². The smallest absolute Gasteiger partial charge is 0.271 e. The highest BCUT2D eigenvalue weighted by molar-refractivity contribution is 7.22. The van der Waals surface area contributed by atoms with E-state index in [2.05, 4.69) is 26.9 Å². The summed E-state index contributed by atoms with van der Waals surface area (Å²) in [5.74, 6) is 12.1. The summed E-state index contributed by atoms with van der Waals surface area (Å²) in [6.07, 6.45) is -1.04. The number of nitrogens with two attached hydrogens (primary N) is 2. The number of nitrogens with one attached hydrogen (secondary N) is 2. The number of benzene rings is 3. The molecule has 6 N–H and O–H groups in total. The fourth-order valence-electron chi connectivity index (χ4n) is 3.51. The van der Waals surface area contributed by atoms with Crippen molar-refractivity contribution in [1.82, 2.24) is 10.4 Å². The van der Waals surface area contributed by atoms with Crippen LogP contribution in [0.4, 0.5) is 5.13 Å². The molecule has 0 saturated heterocycles. The average molecular weight is 518 g/mol. The molecule has 3 aromatic carbocycles. The van der Waals surface area contributed by atoms with E-state index in [1.165, 1.54) is 11.3 Å². The van der Waals surface area contributed by atoms with Crippen molar-refractivity contribution in [3.63, 3.8) is 0 Å². The van der Waals surface area contributed by atoms with Crippen molar-refractivity contribution in [2.24, 2.45) is 16.8 Å². The number of hydrazone groups is 1. The van der Waals surface area contributed by atoms with Gasteiger partial charge in [0.05, 0.1) is 36.1 Å². The molecule has 37 heavy (non-hydrogen) atoms. The lowest BCUT2D eigenvalue weighted by Gasteiger charge is -2.19. The number of thiazole rings is 1. The topological polar surface area (TPSA) is 170 Å². The molecule has 0 aliphatic heterocycles. The standard InChI is InChI=1S/C25H23N7O4S/c1-34-19-11-18-21(12-20(19)35-2)37-25(29-18)30-24(33)22(36-17-9-3-14(13-26)4-10-17)15-5-7-16(8-6-15)23(31-27)32-28/h3-12,22H,27-28H2,1-2H3,(H,31,32)(H,29,30,33). The summed E-state index contributed by atoms with van der Waals surface area (Å²) >= 11 is 1.29. The predicted molar refractivity (Wildman–Crippen MR) is 140 cm³/mol. The van der Waals surface area contributed by atoms with Gasteiger partial charge in [-0.25, -0.2) is 10.8 Å². The van der Waals surface area contributed by atoms with Gasteiger partial charge in [-0.15, -0.1) is 0 Å². The van der Waals surface area contributed by atoms with Crippen LogP contribution >= 0.6 is 11.3 Å². The van der Waals surface area contributed by atoms with Crippen LogP contribution in [0.3, 0.4) is 0 Å². The number of amides is 1. The van der Waals surface area contributed by atoms with E-state index in [0.717, 1.165) is 4.70 Å². The van der Waals surface area contributed by atoms with E-state index < -0.39 is 12.0 Å². The van der Waals surface area contributed by atoms with Crippen molar-refractivity contribution in [3.8, 4) is 23.3 Å². The molecule has 1 atom stereocenters. The summed E-state index contributed by atoms with van der Waals surface area (Å²) in [7, 11) is 3.09. The Balaban J connectivity index is 1.65. The van der Waals surface area contributed by atoms with Crippen LogP contribution in [0.2, 0.25) is 0 Å². The number of aromatic nitrogens is 1. The van der Waals surface area contributed by atoms with E-state index in [0.29, 0.717) is 44.6 Å². The number of carbonyl (C=O) groups excluding carboxylic acids is 1. The van der Waals surface area contributed by atoms with E-state index in [4.69, 9.17) is 31.2 Å². The number of ether oxygens (including phenoxy) is 3. The highest BCUT2D eigenvalue weighted by Gasteiger charge is 2.25. The Kier molecular flexibility index (Phi) is 7.68. The van der Waals surface area contributed by atoms with Crippen LogP contribution in [0.5, 0.6) is 17.2 Å². The van der Waals surface area contributed by atoms with E-state index >= 15 is 0 Å². The van der Waals surface area contributed by atoms with Crippen LogP contribution < -0.4 is 36.6 Å². The number of nitriles is 1. The molecule has 1 heterocycles. The molecule has 1 amide bonds. The van der Waals surface area contributed by atoms with Gasteiger partial charge in [0.2, 0.25) is 6.10 Å². The molecule has 0 saturated carbocycles. The molecule has 0 radical (unpaired) electrons. The Morgan fingerprint density at radius 1 is 1.08 bits per heavy atom. The number of anilines is 1. The normalized spacial score (nSPS) is 11.9. The molecular formula is C25H23N7O4S. The molecule has 0 spiro atoms. The summed E-state index contributed by atoms with van der Waals surface area (Å²) in [6.45, 7) is 0. The highest BCUT2D eigenvalue weighted by atomic mass is 32.1. The quantitative estimate of drug-likeness (QED) is 0.119. The van der Waals surface area contributed by atoms with Crippen LogP contribution in [0.1, 0.15) is 22.8 Å². The number of hydrazine groups is 1. The van der Waals surface area contributed by atoms with E-state index in [9.17, 15) is 4.79 Å². The summed E-state index contributed by atoms with van der Waals surface area (Å²) in [6, 6.07) is 18.9. The number of rotatable bonds is 8. The minimum atomic E-state index is -1.04. The van der Waals surface area contributed by atoms with E-state index in [-0.39, 0.29) is 5.84 Å². The molecule has 1 unspecified atom stereocenters. The molecule has 0 fully saturated rings. The Morgan fingerprint density at radius 3 is 2.35 bits per heavy atom. The predicted octanol–water partition coefficient (Wildman–Crippen LogP) is 3.03. The lowest BCUT2D eigenvalue weighted by Crippen LogP contribution is -2.32. The first-order chi connectivity index (χ1) is 18.0. The largest absolute Gasteiger partial charge is 0.493 e. The minimum Gasteiger partial charge on any atom is -0.493 e. The maximum atomic E-state index is 13.4. The Hall–Kier alpha value is -4.86. The summed E-state index contributed by atoms with van der Waals surface area (Å²) in [5.41, 5.74) is 4.72. The molecule has 188 valence electrons. The molecule has 0 aliphatic carbocycles. The van der Waals surface area contributed by atoms with Crippen molar-refractivity contribution in [2.45, 2.75) is 6.10 Å². The first-order valence-electron chi connectivity index (χ1n) is 10.8. The van der Waals surface area contributed by atoms with Gasteiger partial charge in [-0.1, -0.05) is 35.6 Å². The van der Waals surface area contributed by atoms with Gasteiger partial charge < -0.3 is 25.5 Å². The van der Waals surface area contributed by atoms with Gasteiger partial charge in [0.15, 0.2) is 22.5 Å². The van der Waals surface area contributed by atoms with Crippen LogP contribution in [-0.4, -0.2) is 30.9 Å². The average Bonchev–Trinajstić information content (AvgIpc) is 3.33. The minimum absolute atomic E-state index is 0.279. The molecule has 1 aromatic heterocycles. The number of hydrogen-bond acceptors (Lipinski definition) is 10. The number of nitrogens with zero attached hydrogens (tertiary/aromatic N) is 3. The molecule has 4 aromatic rings. The Labute approximate surface area is 216 Å². The number of hydrogen-bond donors (Lipinski definition) is 4. The second-order valence-corrected chi connectivity index (χ2v) is 8.59. The third-order valence-electron chi connectivity index (χ3n) is 5.35. The monoisotopic (exact) mass is 517 g/mol. The van der Waals surface area contributed by atoms with Crippen molar-refractivity contribution in [3.05, 3.63) is 77.4 Å². The van der Waals surface area contributed by atoms with Crippen molar-refractivity contribution in [1.29, 1.82) is 5.26 Å². The lowest BCUT2D eigenvalue weighted by molar-refractivity contribution is -0.123. The molecule has 0 bridgehead atoms. The third-order valence-corrected chi connectivity index (χ3v) is 6.29. The number of carbonyl (C=O) groups is 1. The van der Waals surface area contributed by atoms with Gasteiger partial charge in [-0.3, -0.25) is 10.1 Å². The zero-order valence-corrected chi connectivity index (χ0v) is 20.7. The van der Waals surface area contributed by atoms with Crippen molar-refractivity contribution >= 4 is 38.4 Å². The van der Waals surface area contributed by atoms with Gasteiger partial charge in [0.1, 0.15) is 5.75 Å². The number of methoxy groups -OCH3 is 2. The van der Waals surface area contributed by atoms with Crippen LogP contribution in [0, 0.1) is 11.3 Å². The molecular weight excluding hydrogens is 494 g/mol. The summed E-state index contributed by atoms with van der Waals surface area (Å²) in [4.78, 5) is 18.0. The van der Waals surface area contributed by atoms with Crippen LogP contribution in [-0.2, 0) is 4.79 Å². The molecule has 4 rings (SSSR count). The Morgan fingerprint density at radius 2 is 1.76 bits per heavy atom. The van der Waals surface area contributed by atoms with Gasteiger partial charge in [0, 0.05) is 23.3 Å². The maximum Gasteiger partial charge on any atom is 0.271 e. The van der Waals surface area contributed by atoms with Gasteiger partial charge in [-0.2, -0.15) is 10.4 Å². The zero-order chi connectivity index (χ0) is 26.4.